The van der Waals surface area contributed by atoms with Crippen LogP contribution in [0.4, 0.5) is 0 Å². The minimum Gasteiger partial charge on any atom is -0.361 e. The highest BCUT2D eigenvalue weighted by molar-refractivity contribution is 5.32. The van der Waals surface area contributed by atoms with Gasteiger partial charge < -0.3 is 4.98 Å². The van der Waals surface area contributed by atoms with E-state index in [0.29, 0.717) is 0 Å². The molecule has 0 aliphatic carbocycles. The zero-order valence-corrected chi connectivity index (χ0v) is 8.15. The van der Waals surface area contributed by atoms with Crippen molar-refractivity contribution in [2.75, 3.05) is 0 Å². The summed E-state index contributed by atoms with van der Waals surface area (Å²) in [5.41, 5.74) is 1.41. The summed E-state index contributed by atoms with van der Waals surface area (Å²) in [5, 5.41) is 2.65. The van der Waals surface area contributed by atoms with E-state index in [1.54, 1.807) is 0 Å². The first-order valence-electron chi connectivity index (χ1n) is 4.66. The first-order valence-corrected chi connectivity index (χ1v) is 4.66. The number of H-pyrrole nitrogens is 1. The van der Waals surface area contributed by atoms with Crippen molar-refractivity contribution in [1.82, 2.24) is 4.98 Å². The molecule has 0 aliphatic heterocycles. The molecular weight excluding hydrogens is 146 g/mol. The second kappa shape index (κ2) is 4.15. The molecule has 1 rings (SSSR count). The van der Waals surface area contributed by atoms with E-state index in [4.69, 9.17) is 0 Å². The van der Waals surface area contributed by atoms with Gasteiger partial charge in [0.05, 0.1) is 0 Å². The normalized spacial score (nSPS) is 14.2. The molecule has 0 fully saturated rings. The number of rotatable bonds is 2. The first-order chi connectivity index (χ1) is 5.83. The Hall–Kier alpha value is -0.980. The number of nitrogens with one attached hydrogen (secondary N) is 1. The largest absolute Gasteiger partial charge is 0.361 e. The molecular formula is C11H17N. The Labute approximate surface area is 73.8 Å². The Morgan fingerprint density at radius 2 is 2.17 bits per heavy atom. The Morgan fingerprint density at radius 1 is 1.42 bits per heavy atom. The van der Waals surface area contributed by atoms with Crippen LogP contribution < -0.4 is 10.6 Å². The summed E-state index contributed by atoms with van der Waals surface area (Å²) < 4.78 is 0. The predicted octanol–water partition coefficient (Wildman–Crippen LogP) is 1.57. The quantitative estimate of drug-likeness (QED) is 0.681. The molecule has 66 valence electrons. The molecule has 12 heavy (non-hydrogen) atoms. The van der Waals surface area contributed by atoms with Crippen LogP contribution in [0.5, 0.6) is 0 Å². The fourth-order valence-electron chi connectivity index (χ4n) is 1.50. The van der Waals surface area contributed by atoms with Crippen molar-refractivity contribution >= 4 is 12.2 Å². The molecule has 0 aromatic carbocycles. The Balaban J connectivity index is 3.34. The molecule has 0 amide bonds. The van der Waals surface area contributed by atoms with E-state index in [1.807, 2.05) is 0 Å². The molecule has 0 radical (unpaired) electrons. The SMILES string of the molecule is C/C=c1/c(CC)c[nH]/c1=C/CC. The number of hydrogen-bond acceptors (Lipinski definition) is 0. The van der Waals surface area contributed by atoms with Crippen molar-refractivity contribution in [3.05, 3.63) is 22.3 Å². The maximum Gasteiger partial charge on any atom is 0.0412 e. The van der Waals surface area contributed by atoms with Gasteiger partial charge in [0.25, 0.3) is 0 Å². The van der Waals surface area contributed by atoms with Crippen LogP contribution in [0.2, 0.25) is 0 Å². The van der Waals surface area contributed by atoms with E-state index >= 15 is 0 Å². The van der Waals surface area contributed by atoms with Gasteiger partial charge in [0.1, 0.15) is 0 Å². The molecule has 0 saturated heterocycles. The number of aryl methyl sites for hydroxylation is 1. The average molecular weight is 163 g/mol. The molecule has 1 heterocycles. The lowest BCUT2D eigenvalue weighted by Gasteiger charge is -1.86. The van der Waals surface area contributed by atoms with Gasteiger partial charge in [0, 0.05) is 11.5 Å². The van der Waals surface area contributed by atoms with Crippen LogP contribution in [-0.2, 0) is 6.42 Å². The van der Waals surface area contributed by atoms with E-state index in [2.05, 4.69) is 44.1 Å². The smallest absolute Gasteiger partial charge is 0.0412 e. The van der Waals surface area contributed by atoms with Gasteiger partial charge >= 0.3 is 0 Å². The van der Waals surface area contributed by atoms with Gasteiger partial charge in [-0.2, -0.15) is 0 Å². The summed E-state index contributed by atoms with van der Waals surface area (Å²) in [7, 11) is 0. The first kappa shape index (κ1) is 9.11. The summed E-state index contributed by atoms with van der Waals surface area (Å²) in [6, 6.07) is 0. The summed E-state index contributed by atoms with van der Waals surface area (Å²) in [6.45, 7) is 6.44. The highest BCUT2D eigenvalue weighted by Crippen LogP contribution is 1.86. The second-order valence-electron chi connectivity index (χ2n) is 2.90. The molecule has 1 nitrogen and oxygen atoms in total. The molecule has 0 spiro atoms. The minimum absolute atomic E-state index is 1.09. The highest BCUT2D eigenvalue weighted by Gasteiger charge is 1.93. The molecule has 0 saturated carbocycles. The zero-order chi connectivity index (χ0) is 8.97. The molecule has 0 atom stereocenters. The molecule has 1 aromatic rings. The average Bonchev–Trinajstić information content (AvgIpc) is 2.47. The maximum atomic E-state index is 3.29. The molecule has 1 heteroatoms. The van der Waals surface area contributed by atoms with Crippen molar-refractivity contribution in [3.63, 3.8) is 0 Å². The van der Waals surface area contributed by atoms with Crippen molar-refractivity contribution in [3.8, 4) is 0 Å². The Bertz CT molecular complexity index is 344. The van der Waals surface area contributed by atoms with E-state index < -0.39 is 0 Å². The number of aromatic nitrogens is 1. The standard InChI is InChI=1S/C11H17N/c1-4-7-11-10(6-3)9(5-2)8-12-11/h6-8,12H,4-5H2,1-3H3/b10-6-,11-7+. The van der Waals surface area contributed by atoms with Crippen LogP contribution in [0.3, 0.4) is 0 Å². The van der Waals surface area contributed by atoms with Crippen LogP contribution >= 0.6 is 0 Å². The van der Waals surface area contributed by atoms with Crippen LogP contribution in [0.15, 0.2) is 6.20 Å². The Kier molecular flexibility index (Phi) is 3.15. The molecule has 0 aliphatic rings. The molecule has 0 unspecified atom stereocenters. The third-order valence-corrected chi connectivity index (χ3v) is 2.12. The zero-order valence-electron chi connectivity index (χ0n) is 8.15. The van der Waals surface area contributed by atoms with Gasteiger partial charge in [-0.25, -0.2) is 0 Å². The van der Waals surface area contributed by atoms with Crippen molar-refractivity contribution in [1.29, 1.82) is 0 Å². The van der Waals surface area contributed by atoms with Crippen LogP contribution in [0.25, 0.3) is 12.2 Å². The predicted molar refractivity (Wildman–Crippen MR) is 54.3 cm³/mol. The van der Waals surface area contributed by atoms with Gasteiger partial charge in [0.2, 0.25) is 0 Å². The van der Waals surface area contributed by atoms with E-state index in [1.165, 1.54) is 16.1 Å². The third-order valence-electron chi connectivity index (χ3n) is 2.12. The molecule has 0 bridgehead atoms. The van der Waals surface area contributed by atoms with E-state index in [9.17, 15) is 0 Å². The molecule has 1 aromatic heterocycles. The lowest BCUT2D eigenvalue weighted by Crippen LogP contribution is -2.24. The summed E-state index contributed by atoms with van der Waals surface area (Å²) in [6.07, 6.45) is 8.71. The monoisotopic (exact) mass is 163 g/mol. The van der Waals surface area contributed by atoms with Crippen LogP contribution in [0.1, 0.15) is 32.8 Å². The topological polar surface area (TPSA) is 15.8 Å². The van der Waals surface area contributed by atoms with Gasteiger partial charge in [-0.3, -0.25) is 0 Å². The molecule has 1 N–H and O–H groups in total. The summed E-state index contributed by atoms with van der Waals surface area (Å²) in [4.78, 5) is 3.29. The number of aromatic amines is 1. The van der Waals surface area contributed by atoms with Crippen LogP contribution in [-0.4, -0.2) is 4.98 Å². The number of hydrogen-bond donors (Lipinski definition) is 1. The maximum absolute atomic E-state index is 3.29. The fraction of sp³-hybridized carbons (Fsp3) is 0.455. The summed E-state index contributed by atoms with van der Waals surface area (Å²) >= 11 is 0. The van der Waals surface area contributed by atoms with Crippen molar-refractivity contribution in [2.24, 2.45) is 0 Å². The Morgan fingerprint density at radius 3 is 2.67 bits per heavy atom. The lowest BCUT2D eigenvalue weighted by atomic mass is 10.2. The van der Waals surface area contributed by atoms with E-state index in [0.717, 1.165) is 12.8 Å². The van der Waals surface area contributed by atoms with Gasteiger partial charge in [0.15, 0.2) is 0 Å². The van der Waals surface area contributed by atoms with E-state index in [-0.39, 0.29) is 0 Å². The summed E-state index contributed by atoms with van der Waals surface area (Å²) in [5.74, 6) is 0. The minimum atomic E-state index is 1.09. The highest BCUT2D eigenvalue weighted by atomic mass is 14.7. The lowest BCUT2D eigenvalue weighted by molar-refractivity contribution is 1.13. The van der Waals surface area contributed by atoms with Crippen molar-refractivity contribution in [2.45, 2.75) is 33.6 Å². The second-order valence-corrected chi connectivity index (χ2v) is 2.90. The van der Waals surface area contributed by atoms with Gasteiger partial charge in [-0.1, -0.05) is 26.0 Å². The fourth-order valence-corrected chi connectivity index (χ4v) is 1.50. The van der Waals surface area contributed by atoms with Crippen molar-refractivity contribution < 1.29 is 0 Å². The van der Waals surface area contributed by atoms with Crippen LogP contribution in [0, 0.1) is 0 Å². The van der Waals surface area contributed by atoms with Gasteiger partial charge in [-0.05, 0) is 30.5 Å². The third kappa shape index (κ3) is 1.60. The van der Waals surface area contributed by atoms with Gasteiger partial charge in [-0.15, -0.1) is 0 Å².